The summed E-state index contributed by atoms with van der Waals surface area (Å²) in [4.78, 5) is 37.8. The van der Waals surface area contributed by atoms with Gasteiger partial charge in [0.15, 0.2) is 6.10 Å². The van der Waals surface area contributed by atoms with E-state index in [1.54, 1.807) is 0 Å². The molecule has 0 spiro atoms. The van der Waals surface area contributed by atoms with E-state index >= 15 is 0 Å². The molecule has 1 atom stereocenters. The van der Waals surface area contributed by atoms with E-state index in [4.69, 9.17) is 14.2 Å². The highest BCUT2D eigenvalue weighted by Gasteiger charge is 2.19. The van der Waals surface area contributed by atoms with Crippen molar-refractivity contribution in [1.29, 1.82) is 0 Å². The molecule has 0 radical (unpaired) electrons. The van der Waals surface area contributed by atoms with Crippen LogP contribution in [0.15, 0.2) is 85.1 Å². The van der Waals surface area contributed by atoms with Gasteiger partial charge in [0.05, 0.1) is 0 Å². The zero-order chi connectivity index (χ0) is 43.0. The van der Waals surface area contributed by atoms with Gasteiger partial charge >= 0.3 is 17.9 Å². The molecule has 0 rings (SSSR count). The molecule has 6 nitrogen and oxygen atoms in total. The summed E-state index contributed by atoms with van der Waals surface area (Å²) in [5.41, 5.74) is 0. The number of rotatable bonds is 42. The van der Waals surface area contributed by atoms with Crippen molar-refractivity contribution in [3.8, 4) is 0 Å². The molecule has 336 valence electrons. The van der Waals surface area contributed by atoms with E-state index < -0.39 is 6.10 Å². The lowest BCUT2D eigenvalue weighted by atomic mass is 10.1. The summed E-state index contributed by atoms with van der Waals surface area (Å²) in [5.74, 6) is -0.965. The fraction of sp³-hybridized carbons (Fsp3) is 0.679. The Balaban J connectivity index is 4.46. The second kappa shape index (κ2) is 47.3. The van der Waals surface area contributed by atoms with Crippen LogP contribution in [0, 0.1) is 0 Å². The zero-order valence-electron chi connectivity index (χ0n) is 38.2. The summed E-state index contributed by atoms with van der Waals surface area (Å²) in [5, 5.41) is 0. The molecule has 0 heterocycles. The first-order valence-corrected chi connectivity index (χ1v) is 24.2. The van der Waals surface area contributed by atoms with E-state index in [0.29, 0.717) is 19.3 Å². The van der Waals surface area contributed by atoms with Gasteiger partial charge < -0.3 is 14.2 Å². The van der Waals surface area contributed by atoms with Gasteiger partial charge in [-0.25, -0.2) is 0 Å². The van der Waals surface area contributed by atoms with Crippen LogP contribution in [0.1, 0.15) is 213 Å². The number of carbonyl (C=O) groups is 3. The lowest BCUT2D eigenvalue weighted by Crippen LogP contribution is -2.30. The van der Waals surface area contributed by atoms with Crippen LogP contribution in [0.2, 0.25) is 0 Å². The minimum atomic E-state index is -0.802. The van der Waals surface area contributed by atoms with Gasteiger partial charge in [-0.15, -0.1) is 0 Å². The molecule has 0 saturated carbocycles. The predicted octanol–water partition coefficient (Wildman–Crippen LogP) is 15.6. The fourth-order valence-electron chi connectivity index (χ4n) is 6.39. The Morgan fingerprint density at radius 3 is 1.05 bits per heavy atom. The second-order valence-corrected chi connectivity index (χ2v) is 15.8. The summed E-state index contributed by atoms with van der Waals surface area (Å²) in [6, 6.07) is 0. The summed E-state index contributed by atoms with van der Waals surface area (Å²) in [6.07, 6.45) is 59.9. The van der Waals surface area contributed by atoms with Crippen LogP contribution >= 0.6 is 0 Å². The summed E-state index contributed by atoms with van der Waals surface area (Å²) < 4.78 is 16.7. The summed E-state index contributed by atoms with van der Waals surface area (Å²) in [7, 11) is 0. The van der Waals surface area contributed by atoms with E-state index in [1.807, 2.05) is 36.5 Å². The van der Waals surface area contributed by atoms with Gasteiger partial charge in [0, 0.05) is 19.3 Å². The van der Waals surface area contributed by atoms with Crippen molar-refractivity contribution < 1.29 is 28.6 Å². The molecule has 0 aromatic rings. The molecule has 59 heavy (non-hydrogen) atoms. The number of allylic oxidation sites excluding steroid dienone is 14. The molecular weight excluding hydrogens is 733 g/mol. The molecule has 0 aliphatic carbocycles. The second-order valence-electron chi connectivity index (χ2n) is 15.8. The van der Waals surface area contributed by atoms with E-state index in [9.17, 15) is 14.4 Å². The first-order chi connectivity index (χ1) is 29.0. The van der Waals surface area contributed by atoms with Crippen molar-refractivity contribution in [2.24, 2.45) is 0 Å². The Hall–Kier alpha value is -3.41. The minimum Gasteiger partial charge on any atom is -0.462 e. The van der Waals surface area contributed by atoms with Crippen molar-refractivity contribution >= 4 is 17.9 Å². The van der Waals surface area contributed by atoms with Gasteiger partial charge in [-0.2, -0.15) is 0 Å². The third kappa shape index (κ3) is 45.5. The highest BCUT2D eigenvalue weighted by atomic mass is 16.6. The number of hydrogen-bond donors (Lipinski definition) is 0. The molecule has 0 N–H and O–H groups in total. The van der Waals surface area contributed by atoms with E-state index in [2.05, 4.69) is 69.4 Å². The van der Waals surface area contributed by atoms with Crippen LogP contribution in [0.25, 0.3) is 0 Å². The topological polar surface area (TPSA) is 78.9 Å². The number of unbranched alkanes of at least 4 members (excludes halogenated alkanes) is 22. The van der Waals surface area contributed by atoms with E-state index in [-0.39, 0.29) is 37.5 Å². The van der Waals surface area contributed by atoms with Crippen LogP contribution in [-0.2, 0) is 28.6 Å². The average molecular weight is 821 g/mol. The molecule has 0 saturated heterocycles. The maximum absolute atomic E-state index is 12.7. The van der Waals surface area contributed by atoms with Crippen molar-refractivity contribution in [1.82, 2.24) is 0 Å². The molecule has 0 amide bonds. The van der Waals surface area contributed by atoms with Crippen LogP contribution in [0.5, 0.6) is 0 Å². The average Bonchev–Trinajstić information content (AvgIpc) is 3.23. The lowest BCUT2D eigenvalue weighted by molar-refractivity contribution is -0.167. The number of hydrogen-bond acceptors (Lipinski definition) is 6. The SMILES string of the molecule is CC\C=C/C=C\C=C/C=C\CCCCCC(=O)OC(COC(=O)CCCCCCC\C=C/C=C\C=C/CCCCCCC)COC(=O)CCCCCCCCCCCC. The molecule has 6 heteroatoms. The number of esters is 3. The first kappa shape index (κ1) is 55.6. The number of carbonyl (C=O) groups excluding carboxylic acids is 3. The van der Waals surface area contributed by atoms with Crippen molar-refractivity contribution in [2.75, 3.05) is 13.2 Å². The monoisotopic (exact) mass is 821 g/mol. The molecule has 0 aliphatic rings. The highest BCUT2D eigenvalue weighted by molar-refractivity contribution is 5.71. The van der Waals surface area contributed by atoms with Gasteiger partial charge in [-0.3, -0.25) is 14.4 Å². The Labute approximate surface area is 363 Å². The van der Waals surface area contributed by atoms with Gasteiger partial charge in [-0.1, -0.05) is 215 Å². The molecule has 0 aromatic carbocycles. The standard InChI is InChI=1S/C53H88O6/c1-4-7-10-13-16-19-22-24-25-26-27-28-30-31-34-37-40-43-46-52(55)58-49-50(48-57-51(54)45-42-39-36-33-21-18-15-12-9-6-3)59-53(56)47-44-41-38-35-32-29-23-20-17-14-11-8-5-2/h8,11,14,17,20,22-29,32,50H,4-7,9-10,12-13,15-16,18-19,21,30-31,33-49H2,1-3H3/b11-8-,17-14-,23-20-,24-22-,26-25-,28-27-,32-29-. The molecule has 0 fully saturated rings. The molecule has 0 aromatic heterocycles. The van der Waals surface area contributed by atoms with Crippen molar-refractivity contribution in [3.63, 3.8) is 0 Å². The van der Waals surface area contributed by atoms with Crippen LogP contribution in [0.3, 0.4) is 0 Å². The highest BCUT2D eigenvalue weighted by Crippen LogP contribution is 2.13. The quantitative estimate of drug-likeness (QED) is 0.0264. The van der Waals surface area contributed by atoms with Gasteiger partial charge in [0.2, 0.25) is 0 Å². The van der Waals surface area contributed by atoms with Crippen molar-refractivity contribution in [2.45, 2.75) is 219 Å². The van der Waals surface area contributed by atoms with Crippen LogP contribution < -0.4 is 0 Å². The van der Waals surface area contributed by atoms with E-state index in [1.165, 1.54) is 77.0 Å². The normalized spacial score (nSPS) is 12.8. The maximum Gasteiger partial charge on any atom is 0.306 e. The Morgan fingerprint density at radius 1 is 0.356 bits per heavy atom. The van der Waals surface area contributed by atoms with Gasteiger partial charge in [-0.05, 0) is 64.2 Å². The third-order valence-corrected chi connectivity index (χ3v) is 10.0. The Kier molecular flexibility index (Phi) is 44.5. The predicted molar refractivity (Wildman–Crippen MR) is 251 cm³/mol. The minimum absolute atomic E-state index is 0.0991. The van der Waals surface area contributed by atoms with Gasteiger partial charge in [0.1, 0.15) is 13.2 Å². The number of ether oxygens (including phenoxy) is 3. The van der Waals surface area contributed by atoms with Gasteiger partial charge in [0.25, 0.3) is 0 Å². The van der Waals surface area contributed by atoms with Crippen LogP contribution in [0.4, 0.5) is 0 Å². The smallest absolute Gasteiger partial charge is 0.306 e. The first-order valence-electron chi connectivity index (χ1n) is 24.2. The lowest BCUT2D eigenvalue weighted by Gasteiger charge is -2.18. The molecule has 1 unspecified atom stereocenters. The Bertz CT molecular complexity index is 1170. The fourth-order valence-corrected chi connectivity index (χ4v) is 6.39. The molecule has 0 aliphatic heterocycles. The largest absolute Gasteiger partial charge is 0.462 e. The zero-order valence-corrected chi connectivity index (χ0v) is 38.2. The molecule has 0 bridgehead atoms. The van der Waals surface area contributed by atoms with Crippen molar-refractivity contribution in [3.05, 3.63) is 85.1 Å². The summed E-state index contributed by atoms with van der Waals surface area (Å²) in [6.45, 7) is 6.40. The Morgan fingerprint density at radius 2 is 0.661 bits per heavy atom. The molecular formula is C53H88O6. The van der Waals surface area contributed by atoms with E-state index in [0.717, 1.165) is 89.9 Å². The maximum atomic E-state index is 12.7. The van der Waals surface area contributed by atoms with Crippen LogP contribution in [-0.4, -0.2) is 37.2 Å². The summed E-state index contributed by atoms with van der Waals surface area (Å²) >= 11 is 0. The third-order valence-electron chi connectivity index (χ3n) is 10.0.